The highest BCUT2D eigenvalue weighted by Crippen LogP contribution is 2.21. The van der Waals surface area contributed by atoms with Crippen LogP contribution >= 0.6 is 15.9 Å². The minimum atomic E-state index is -0.424. The molecule has 2 unspecified atom stereocenters. The van der Waals surface area contributed by atoms with Crippen LogP contribution in [0.15, 0.2) is 22.7 Å². The second-order valence-corrected chi connectivity index (χ2v) is 6.45. The van der Waals surface area contributed by atoms with Gasteiger partial charge in [-0.3, -0.25) is 9.69 Å². The molecule has 1 aliphatic rings. The maximum atomic E-state index is 13.7. The van der Waals surface area contributed by atoms with Crippen LogP contribution in [0, 0.1) is 11.7 Å². The summed E-state index contributed by atoms with van der Waals surface area (Å²) >= 11 is 3.20. The van der Waals surface area contributed by atoms with Gasteiger partial charge in [-0.05, 0) is 50.4 Å². The van der Waals surface area contributed by atoms with Crippen molar-refractivity contribution in [2.45, 2.75) is 32.7 Å². The molecule has 1 N–H and O–H groups in total. The molecule has 2 rings (SSSR count). The first-order valence-electron chi connectivity index (χ1n) is 6.97. The van der Waals surface area contributed by atoms with Crippen molar-refractivity contribution in [3.8, 4) is 0 Å². The molecule has 1 aliphatic heterocycles. The maximum Gasteiger partial charge on any atom is 0.241 e. The van der Waals surface area contributed by atoms with Gasteiger partial charge in [0.05, 0.1) is 11.7 Å². The monoisotopic (exact) mass is 342 g/mol. The van der Waals surface area contributed by atoms with Gasteiger partial charge in [0.1, 0.15) is 5.82 Å². The molecule has 1 amide bonds. The average Bonchev–Trinajstić information content (AvgIpc) is 2.41. The Labute approximate surface area is 127 Å². The van der Waals surface area contributed by atoms with Crippen LogP contribution in [0.4, 0.5) is 10.1 Å². The Morgan fingerprint density at radius 2 is 2.30 bits per heavy atom. The Balaban J connectivity index is 2.00. The summed E-state index contributed by atoms with van der Waals surface area (Å²) in [7, 11) is 0. The van der Waals surface area contributed by atoms with Gasteiger partial charge in [0, 0.05) is 11.0 Å². The Kier molecular flexibility index (Phi) is 5.16. The number of carbonyl (C=O) groups excluding carboxylic acids is 1. The number of rotatable bonds is 3. The smallest absolute Gasteiger partial charge is 0.241 e. The summed E-state index contributed by atoms with van der Waals surface area (Å²) in [6.07, 6.45) is 2.33. The van der Waals surface area contributed by atoms with E-state index in [1.54, 1.807) is 12.1 Å². The van der Waals surface area contributed by atoms with Crippen LogP contribution < -0.4 is 5.32 Å². The molecule has 5 heteroatoms. The second-order valence-electron chi connectivity index (χ2n) is 5.53. The van der Waals surface area contributed by atoms with E-state index in [0.717, 1.165) is 19.5 Å². The summed E-state index contributed by atoms with van der Waals surface area (Å²) in [6.45, 7) is 5.94. The highest BCUT2D eigenvalue weighted by molar-refractivity contribution is 9.10. The summed E-state index contributed by atoms with van der Waals surface area (Å²) in [4.78, 5) is 14.4. The van der Waals surface area contributed by atoms with Gasteiger partial charge in [-0.25, -0.2) is 4.39 Å². The number of halogens is 2. The zero-order valence-corrected chi connectivity index (χ0v) is 13.4. The van der Waals surface area contributed by atoms with Crippen LogP contribution in [-0.4, -0.2) is 29.9 Å². The lowest BCUT2D eigenvalue weighted by Gasteiger charge is -2.34. The normalized spacial score (nSPS) is 21.5. The molecule has 20 heavy (non-hydrogen) atoms. The number of hydrogen-bond acceptors (Lipinski definition) is 2. The number of amides is 1. The molecule has 0 aliphatic carbocycles. The van der Waals surface area contributed by atoms with Gasteiger partial charge in [0.2, 0.25) is 5.91 Å². The Morgan fingerprint density at radius 3 is 2.95 bits per heavy atom. The van der Waals surface area contributed by atoms with Crippen molar-refractivity contribution in [2.24, 2.45) is 5.92 Å². The Hall–Kier alpha value is -0.940. The minimum absolute atomic E-state index is 0.152. The fourth-order valence-electron chi connectivity index (χ4n) is 2.57. The third kappa shape index (κ3) is 3.79. The van der Waals surface area contributed by atoms with Gasteiger partial charge >= 0.3 is 0 Å². The molecule has 0 spiro atoms. The predicted octanol–water partition coefficient (Wildman–Crippen LogP) is 3.65. The summed E-state index contributed by atoms with van der Waals surface area (Å²) in [5, 5.41) is 2.67. The van der Waals surface area contributed by atoms with Crippen LogP contribution in [0.1, 0.15) is 26.7 Å². The number of likely N-dealkylation sites (tertiary alicyclic amines) is 1. The molecule has 3 nitrogen and oxygen atoms in total. The van der Waals surface area contributed by atoms with Crippen LogP contribution in [0.25, 0.3) is 0 Å². The molecular weight excluding hydrogens is 323 g/mol. The van der Waals surface area contributed by atoms with Gasteiger partial charge in [-0.15, -0.1) is 0 Å². The molecule has 2 atom stereocenters. The third-order valence-electron chi connectivity index (χ3n) is 3.80. The number of anilines is 1. The molecule has 110 valence electrons. The minimum Gasteiger partial charge on any atom is -0.322 e. The summed E-state index contributed by atoms with van der Waals surface area (Å²) in [5.41, 5.74) is 0.232. The first kappa shape index (κ1) is 15.4. The lowest BCUT2D eigenvalue weighted by molar-refractivity contribution is -0.121. The number of nitrogens with zero attached hydrogens (tertiary/aromatic N) is 1. The van der Waals surface area contributed by atoms with Gasteiger partial charge in [-0.1, -0.05) is 22.9 Å². The maximum absolute atomic E-state index is 13.7. The number of benzene rings is 1. The average molecular weight is 343 g/mol. The topological polar surface area (TPSA) is 32.3 Å². The van der Waals surface area contributed by atoms with E-state index in [0.29, 0.717) is 10.4 Å². The third-order valence-corrected chi connectivity index (χ3v) is 4.30. The lowest BCUT2D eigenvalue weighted by Crippen LogP contribution is -2.46. The molecule has 1 aromatic rings. The number of nitrogens with one attached hydrogen (secondary N) is 1. The molecule has 1 heterocycles. The molecule has 1 aromatic carbocycles. The van der Waals surface area contributed by atoms with Crippen LogP contribution in [0.2, 0.25) is 0 Å². The zero-order valence-electron chi connectivity index (χ0n) is 11.8. The number of hydrogen-bond donors (Lipinski definition) is 1. The van der Waals surface area contributed by atoms with E-state index in [4.69, 9.17) is 0 Å². The van der Waals surface area contributed by atoms with E-state index in [1.165, 1.54) is 12.5 Å². The van der Waals surface area contributed by atoms with E-state index in [-0.39, 0.29) is 17.6 Å². The molecule has 0 bridgehead atoms. The van der Waals surface area contributed by atoms with Crippen molar-refractivity contribution in [3.63, 3.8) is 0 Å². The van der Waals surface area contributed by atoms with Gasteiger partial charge in [0.25, 0.3) is 0 Å². The highest BCUT2D eigenvalue weighted by Gasteiger charge is 2.26. The number of carbonyl (C=O) groups is 1. The van der Waals surface area contributed by atoms with Crippen LogP contribution in [-0.2, 0) is 4.79 Å². The van der Waals surface area contributed by atoms with E-state index >= 15 is 0 Å². The fraction of sp³-hybridized carbons (Fsp3) is 0.533. The molecule has 0 aromatic heterocycles. The van der Waals surface area contributed by atoms with Crippen molar-refractivity contribution >= 4 is 27.5 Å². The molecule has 0 radical (unpaired) electrons. The van der Waals surface area contributed by atoms with Crippen molar-refractivity contribution in [3.05, 3.63) is 28.5 Å². The second kappa shape index (κ2) is 6.68. The molecular formula is C15H20BrFN2O. The fourth-order valence-corrected chi connectivity index (χ4v) is 2.90. The first-order chi connectivity index (χ1) is 9.47. The van der Waals surface area contributed by atoms with Crippen molar-refractivity contribution < 1.29 is 9.18 Å². The first-order valence-corrected chi connectivity index (χ1v) is 7.76. The standard InChI is InChI=1S/C15H20BrFN2O/c1-10-4-3-7-19(9-10)11(2)15(20)18-14-6-5-12(16)8-13(14)17/h5-6,8,10-11H,3-4,7,9H2,1-2H3,(H,18,20). The van der Waals surface area contributed by atoms with E-state index < -0.39 is 5.82 Å². The predicted molar refractivity (Wildman–Crippen MR) is 82.2 cm³/mol. The van der Waals surface area contributed by atoms with Crippen molar-refractivity contribution in [1.29, 1.82) is 0 Å². The SMILES string of the molecule is CC1CCCN(C(C)C(=O)Nc2ccc(Br)cc2F)C1. The van der Waals surface area contributed by atoms with E-state index in [9.17, 15) is 9.18 Å². The van der Waals surface area contributed by atoms with Crippen molar-refractivity contribution in [1.82, 2.24) is 4.90 Å². The largest absolute Gasteiger partial charge is 0.322 e. The molecule has 0 saturated carbocycles. The van der Waals surface area contributed by atoms with E-state index in [1.807, 2.05) is 6.92 Å². The number of piperidine rings is 1. The van der Waals surface area contributed by atoms with E-state index in [2.05, 4.69) is 33.1 Å². The van der Waals surface area contributed by atoms with Gasteiger partial charge < -0.3 is 5.32 Å². The van der Waals surface area contributed by atoms with Gasteiger partial charge in [-0.2, -0.15) is 0 Å². The Bertz CT molecular complexity index is 495. The van der Waals surface area contributed by atoms with Crippen LogP contribution in [0.5, 0.6) is 0 Å². The quantitative estimate of drug-likeness (QED) is 0.909. The molecule has 1 saturated heterocycles. The lowest BCUT2D eigenvalue weighted by atomic mass is 9.99. The van der Waals surface area contributed by atoms with Gasteiger partial charge in [0.15, 0.2) is 0 Å². The van der Waals surface area contributed by atoms with Crippen molar-refractivity contribution in [2.75, 3.05) is 18.4 Å². The highest BCUT2D eigenvalue weighted by atomic mass is 79.9. The Morgan fingerprint density at radius 1 is 1.55 bits per heavy atom. The van der Waals surface area contributed by atoms with Crippen LogP contribution in [0.3, 0.4) is 0 Å². The zero-order chi connectivity index (χ0) is 14.7. The summed E-state index contributed by atoms with van der Waals surface area (Å²) < 4.78 is 14.4. The summed E-state index contributed by atoms with van der Waals surface area (Å²) in [5.74, 6) is 0.0377. The summed E-state index contributed by atoms with van der Waals surface area (Å²) in [6, 6.07) is 4.40. The molecule has 1 fully saturated rings.